The van der Waals surface area contributed by atoms with Gasteiger partial charge in [0.05, 0.1) is 23.9 Å². The van der Waals surface area contributed by atoms with E-state index >= 15 is 0 Å². The van der Waals surface area contributed by atoms with Crippen molar-refractivity contribution in [1.82, 2.24) is 9.38 Å². The zero-order valence-corrected chi connectivity index (χ0v) is 10.5. The maximum atomic E-state index is 9.19. The minimum absolute atomic E-state index is 0.0852. The molecule has 0 spiro atoms. The molecule has 0 bridgehead atoms. The number of hydrogen-bond donors (Lipinski definition) is 2. The van der Waals surface area contributed by atoms with E-state index in [1.807, 2.05) is 13.1 Å². The summed E-state index contributed by atoms with van der Waals surface area (Å²) in [6.07, 6.45) is 2.01. The lowest BCUT2D eigenvalue weighted by molar-refractivity contribution is 0.266. The monoisotopic (exact) mass is 233 g/mol. The summed E-state index contributed by atoms with van der Waals surface area (Å²) in [4.78, 5) is 4.58. The average Bonchev–Trinajstić information content (AvgIpc) is 2.66. The summed E-state index contributed by atoms with van der Waals surface area (Å²) in [5, 5.41) is 9.19. The first-order valence-electron chi connectivity index (χ1n) is 5.89. The number of hydrogen-bond acceptors (Lipinski definition) is 3. The Labute approximate surface area is 101 Å². The van der Waals surface area contributed by atoms with Gasteiger partial charge in [-0.15, -0.1) is 0 Å². The van der Waals surface area contributed by atoms with Crippen LogP contribution in [0.3, 0.4) is 0 Å². The van der Waals surface area contributed by atoms with Gasteiger partial charge in [-0.05, 0) is 24.6 Å². The highest BCUT2D eigenvalue weighted by molar-refractivity contribution is 5.56. The van der Waals surface area contributed by atoms with Crippen molar-refractivity contribution in [2.45, 2.75) is 32.7 Å². The lowest BCUT2D eigenvalue weighted by Crippen LogP contribution is -2.15. The Morgan fingerprint density at radius 3 is 2.76 bits per heavy atom. The second-order valence-electron chi connectivity index (χ2n) is 4.76. The molecular formula is C13H19N3O. The topological polar surface area (TPSA) is 63.5 Å². The quantitative estimate of drug-likeness (QED) is 0.849. The van der Waals surface area contributed by atoms with Crippen molar-refractivity contribution in [3.05, 3.63) is 35.4 Å². The second kappa shape index (κ2) is 4.47. The fourth-order valence-corrected chi connectivity index (χ4v) is 2.00. The Morgan fingerprint density at radius 1 is 1.47 bits per heavy atom. The molecule has 17 heavy (non-hydrogen) atoms. The largest absolute Gasteiger partial charge is 0.394 e. The predicted molar refractivity (Wildman–Crippen MR) is 68.0 cm³/mol. The van der Waals surface area contributed by atoms with E-state index in [-0.39, 0.29) is 6.61 Å². The van der Waals surface area contributed by atoms with Crippen LogP contribution in [-0.2, 0) is 0 Å². The molecule has 2 aromatic rings. The molecular weight excluding hydrogens is 214 g/mol. The number of rotatable bonds is 3. The van der Waals surface area contributed by atoms with E-state index in [1.165, 1.54) is 5.56 Å². The number of imidazole rings is 1. The van der Waals surface area contributed by atoms with Gasteiger partial charge < -0.3 is 15.2 Å². The molecule has 4 heteroatoms. The number of nitrogens with two attached hydrogens (primary N) is 1. The van der Waals surface area contributed by atoms with E-state index in [4.69, 9.17) is 5.73 Å². The summed E-state index contributed by atoms with van der Waals surface area (Å²) in [5.74, 6) is 1.31. The van der Waals surface area contributed by atoms with Crippen molar-refractivity contribution < 1.29 is 5.11 Å². The van der Waals surface area contributed by atoms with Crippen LogP contribution in [0.5, 0.6) is 0 Å². The summed E-state index contributed by atoms with van der Waals surface area (Å²) >= 11 is 0. The molecule has 0 aliphatic heterocycles. The molecule has 0 aliphatic rings. The Kier molecular flexibility index (Phi) is 3.17. The first-order valence-corrected chi connectivity index (χ1v) is 5.89. The number of nitrogens with zero attached hydrogens (tertiary/aromatic N) is 2. The fraction of sp³-hybridized carbons (Fsp3) is 0.462. The van der Waals surface area contributed by atoms with Crippen LogP contribution in [0.4, 0.5) is 0 Å². The van der Waals surface area contributed by atoms with Gasteiger partial charge in [0.15, 0.2) is 0 Å². The molecule has 0 aliphatic carbocycles. The molecule has 3 N–H and O–H groups in total. The van der Waals surface area contributed by atoms with E-state index in [9.17, 15) is 5.11 Å². The van der Waals surface area contributed by atoms with Crippen molar-refractivity contribution in [2.24, 2.45) is 5.73 Å². The van der Waals surface area contributed by atoms with Crippen LogP contribution in [0.1, 0.15) is 42.9 Å². The zero-order valence-electron chi connectivity index (χ0n) is 10.5. The highest BCUT2D eigenvalue weighted by Crippen LogP contribution is 2.23. The molecule has 0 fully saturated rings. The maximum Gasteiger partial charge on any atom is 0.116 e. The standard InChI is InChI=1S/C13H19N3O/c1-8(2)13-15-12(10(14)7-17)11-6-9(3)4-5-16(11)13/h4-6,8,10,17H,7,14H2,1-3H3. The molecule has 0 aromatic carbocycles. The third-order valence-electron chi connectivity index (χ3n) is 2.92. The summed E-state index contributed by atoms with van der Waals surface area (Å²) in [5.41, 5.74) is 8.84. The molecule has 4 nitrogen and oxygen atoms in total. The fourth-order valence-electron chi connectivity index (χ4n) is 2.00. The molecule has 0 saturated carbocycles. The number of aliphatic hydroxyl groups excluding tert-OH is 1. The first-order chi connectivity index (χ1) is 8.04. The van der Waals surface area contributed by atoms with Crippen molar-refractivity contribution >= 4 is 5.52 Å². The molecule has 2 heterocycles. The maximum absolute atomic E-state index is 9.19. The van der Waals surface area contributed by atoms with Gasteiger partial charge in [0.1, 0.15) is 5.82 Å². The van der Waals surface area contributed by atoms with E-state index in [1.54, 1.807) is 0 Å². The molecule has 1 unspecified atom stereocenters. The molecule has 2 rings (SSSR count). The highest BCUT2D eigenvalue weighted by Gasteiger charge is 2.17. The van der Waals surface area contributed by atoms with Gasteiger partial charge >= 0.3 is 0 Å². The van der Waals surface area contributed by atoms with Crippen molar-refractivity contribution in [3.63, 3.8) is 0 Å². The van der Waals surface area contributed by atoms with E-state index in [0.717, 1.165) is 17.0 Å². The van der Waals surface area contributed by atoms with Crippen molar-refractivity contribution in [1.29, 1.82) is 0 Å². The number of aliphatic hydroxyl groups is 1. The van der Waals surface area contributed by atoms with Gasteiger partial charge in [0.2, 0.25) is 0 Å². The average molecular weight is 233 g/mol. The highest BCUT2D eigenvalue weighted by atomic mass is 16.3. The van der Waals surface area contributed by atoms with Gasteiger partial charge in [0.25, 0.3) is 0 Å². The van der Waals surface area contributed by atoms with E-state index in [2.05, 4.69) is 35.4 Å². The smallest absolute Gasteiger partial charge is 0.116 e. The minimum Gasteiger partial charge on any atom is -0.394 e. The van der Waals surface area contributed by atoms with Crippen LogP contribution in [-0.4, -0.2) is 21.1 Å². The number of pyridine rings is 1. The second-order valence-corrected chi connectivity index (χ2v) is 4.76. The Balaban J connectivity index is 2.71. The predicted octanol–water partition coefficient (Wildman–Crippen LogP) is 1.76. The minimum atomic E-state index is -0.417. The Hall–Kier alpha value is -1.39. The third kappa shape index (κ3) is 2.06. The van der Waals surface area contributed by atoms with Gasteiger partial charge in [-0.2, -0.15) is 0 Å². The SMILES string of the molecule is Cc1ccn2c(C(C)C)nc(C(N)CO)c2c1. The van der Waals surface area contributed by atoms with Crippen LogP contribution in [0.2, 0.25) is 0 Å². The van der Waals surface area contributed by atoms with Crippen molar-refractivity contribution in [3.8, 4) is 0 Å². The first kappa shape index (κ1) is 12.1. The van der Waals surface area contributed by atoms with Crippen LogP contribution in [0.25, 0.3) is 5.52 Å². The number of aryl methyl sites for hydroxylation is 1. The van der Waals surface area contributed by atoms with Crippen LogP contribution < -0.4 is 5.73 Å². The zero-order chi connectivity index (χ0) is 12.6. The molecule has 92 valence electrons. The lowest BCUT2D eigenvalue weighted by Gasteiger charge is -2.05. The molecule has 0 amide bonds. The summed E-state index contributed by atoms with van der Waals surface area (Å²) < 4.78 is 2.06. The molecule has 2 aromatic heterocycles. The van der Waals surface area contributed by atoms with Crippen LogP contribution in [0, 0.1) is 6.92 Å². The van der Waals surface area contributed by atoms with Crippen LogP contribution >= 0.6 is 0 Å². The normalized spacial score (nSPS) is 13.5. The summed E-state index contributed by atoms with van der Waals surface area (Å²) in [7, 11) is 0. The number of fused-ring (bicyclic) bond motifs is 1. The Morgan fingerprint density at radius 2 is 2.18 bits per heavy atom. The molecule has 0 radical (unpaired) electrons. The van der Waals surface area contributed by atoms with E-state index in [0.29, 0.717) is 5.92 Å². The Bertz CT molecular complexity index is 531. The third-order valence-corrected chi connectivity index (χ3v) is 2.92. The van der Waals surface area contributed by atoms with Gasteiger partial charge in [0, 0.05) is 12.1 Å². The lowest BCUT2D eigenvalue weighted by atomic mass is 10.2. The summed E-state index contributed by atoms with van der Waals surface area (Å²) in [6.45, 7) is 6.15. The van der Waals surface area contributed by atoms with Gasteiger partial charge in [-0.3, -0.25) is 0 Å². The van der Waals surface area contributed by atoms with Crippen molar-refractivity contribution in [2.75, 3.05) is 6.61 Å². The number of aromatic nitrogens is 2. The van der Waals surface area contributed by atoms with Gasteiger partial charge in [-0.1, -0.05) is 13.8 Å². The molecule has 1 atom stereocenters. The van der Waals surface area contributed by atoms with E-state index < -0.39 is 6.04 Å². The van der Waals surface area contributed by atoms with Gasteiger partial charge in [-0.25, -0.2) is 4.98 Å². The van der Waals surface area contributed by atoms with Crippen LogP contribution in [0.15, 0.2) is 18.3 Å². The summed E-state index contributed by atoms with van der Waals surface area (Å²) in [6, 6.07) is 3.69. The molecule has 0 saturated heterocycles.